The minimum Gasteiger partial charge on any atom is -0.342 e. The molecule has 3 heterocycles. The molecular formula is C26H34N6OS. The zero-order chi connectivity index (χ0) is 23.9. The van der Waals surface area contributed by atoms with Gasteiger partial charge in [0.1, 0.15) is 0 Å². The van der Waals surface area contributed by atoms with Gasteiger partial charge >= 0.3 is 0 Å². The summed E-state index contributed by atoms with van der Waals surface area (Å²) >= 11 is 1.48. The van der Waals surface area contributed by atoms with Crippen LogP contribution in [0.3, 0.4) is 0 Å². The fraction of sp³-hybridized carbons (Fsp3) is 0.462. The maximum absolute atomic E-state index is 13.0. The van der Waals surface area contributed by atoms with E-state index in [0.717, 1.165) is 67.7 Å². The molecule has 0 unspecified atom stereocenters. The Labute approximate surface area is 206 Å². The molecule has 0 radical (unpaired) electrons. The van der Waals surface area contributed by atoms with E-state index >= 15 is 0 Å². The van der Waals surface area contributed by atoms with Gasteiger partial charge in [0.15, 0.2) is 11.0 Å². The molecule has 7 nitrogen and oxygen atoms in total. The summed E-state index contributed by atoms with van der Waals surface area (Å²) in [5, 5.41) is 9.63. The van der Waals surface area contributed by atoms with E-state index < -0.39 is 0 Å². The van der Waals surface area contributed by atoms with Crippen molar-refractivity contribution < 1.29 is 4.79 Å². The van der Waals surface area contributed by atoms with Crippen molar-refractivity contribution >= 4 is 17.7 Å². The van der Waals surface area contributed by atoms with Gasteiger partial charge in [-0.3, -0.25) is 9.78 Å². The number of hydrogen-bond acceptors (Lipinski definition) is 6. The molecule has 1 aromatic carbocycles. The van der Waals surface area contributed by atoms with Gasteiger partial charge in [-0.05, 0) is 44.4 Å². The Kier molecular flexibility index (Phi) is 8.34. The van der Waals surface area contributed by atoms with E-state index in [1.54, 1.807) is 0 Å². The molecule has 8 heteroatoms. The van der Waals surface area contributed by atoms with Crippen LogP contribution in [0.1, 0.15) is 31.0 Å². The summed E-state index contributed by atoms with van der Waals surface area (Å²) in [4.78, 5) is 21.8. The minimum atomic E-state index is 0.153. The molecule has 1 aliphatic rings. The number of piperidine rings is 1. The predicted molar refractivity (Wildman–Crippen MR) is 137 cm³/mol. The van der Waals surface area contributed by atoms with E-state index in [4.69, 9.17) is 0 Å². The first-order valence-electron chi connectivity index (χ1n) is 12.1. The Morgan fingerprint density at radius 3 is 2.59 bits per heavy atom. The number of benzene rings is 1. The van der Waals surface area contributed by atoms with Crippen LogP contribution >= 0.6 is 11.8 Å². The summed E-state index contributed by atoms with van der Waals surface area (Å²) in [5.74, 6) is 1.39. The lowest BCUT2D eigenvalue weighted by Gasteiger charge is -2.36. The van der Waals surface area contributed by atoms with Crippen LogP contribution in [0.5, 0.6) is 0 Å². The van der Waals surface area contributed by atoms with Crippen molar-refractivity contribution in [2.24, 2.45) is 0 Å². The Hall–Kier alpha value is -2.71. The number of carbonyl (C=O) groups is 1. The minimum absolute atomic E-state index is 0.153. The molecule has 180 valence electrons. The van der Waals surface area contributed by atoms with Crippen molar-refractivity contribution in [3.8, 4) is 11.4 Å². The van der Waals surface area contributed by atoms with E-state index in [9.17, 15) is 4.79 Å². The number of aryl methyl sites for hydroxylation is 1. The third-order valence-corrected chi connectivity index (χ3v) is 7.60. The molecule has 3 aromatic rings. The number of aromatic nitrogens is 4. The molecule has 1 fully saturated rings. The number of rotatable bonds is 9. The quantitative estimate of drug-likeness (QED) is 0.434. The van der Waals surface area contributed by atoms with Crippen LogP contribution in [0.2, 0.25) is 0 Å². The van der Waals surface area contributed by atoms with Gasteiger partial charge < -0.3 is 14.4 Å². The summed E-state index contributed by atoms with van der Waals surface area (Å²) in [7, 11) is 1.94. The molecule has 34 heavy (non-hydrogen) atoms. The highest BCUT2D eigenvalue weighted by Crippen LogP contribution is 2.26. The molecule has 0 bridgehead atoms. The number of pyridine rings is 1. The summed E-state index contributed by atoms with van der Waals surface area (Å²) in [6.45, 7) is 8.00. The lowest BCUT2D eigenvalue weighted by atomic mass is 10.0. The Morgan fingerprint density at radius 2 is 1.88 bits per heavy atom. The van der Waals surface area contributed by atoms with Gasteiger partial charge in [0, 0.05) is 63.1 Å². The van der Waals surface area contributed by atoms with Gasteiger partial charge in [0.05, 0.1) is 5.75 Å². The van der Waals surface area contributed by atoms with Gasteiger partial charge in [-0.15, -0.1) is 10.2 Å². The Morgan fingerprint density at radius 1 is 1.12 bits per heavy atom. The lowest BCUT2D eigenvalue weighted by Crippen LogP contribution is -2.46. The van der Waals surface area contributed by atoms with Crippen molar-refractivity contribution in [2.45, 2.75) is 50.9 Å². The van der Waals surface area contributed by atoms with Crippen LogP contribution in [0, 0.1) is 6.92 Å². The molecule has 4 rings (SSSR count). The number of amides is 1. The van der Waals surface area contributed by atoms with Crippen LogP contribution < -0.4 is 0 Å². The van der Waals surface area contributed by atoms with Crippen LogP contribution in [0.25, 0.3) is 11.4 Å². The number of thioether (sulfide) groups is 1. The number of likely N-dealkylation sites (tertiary alicyclic amines) is 1. The van der Waals surface area contributed by atoms with Gasteiger partial charge in [-0.1, -0.05) is 42.1 Å². The van der Waals surface area contributed by atoms with E-state index in [2.05, 4.69) is 56.7 Å². The first-order chi connectivity index (χ1) is 16.6. The van der Waals surface area contributed by atoms with Gasteiger partial charge in [-0.25, -0.2) is 0 Å². The monoisotopic (exact) mass is 478 g/mol. The molecule has 0 spiro atoms. The van der Waals surface area contributed by atoms with Crippen molar-refractivity contribution in [3.63, 3.8) is 0 Å². The molecule has 0 saturated carbocycles. The molecule has 2 aromatic heterocycles. The topological polar surface area (TPSA) is 67.2 Å². The van der Waals surface area contributed by atoms with Crippen molar-refractivity contribution in [1.29, 1.82) is 0 Å². The SMILES string of the molecule is CCn1c(SCC(=O)N(C)C2CCN(CCc3ccccn3)CC2)nnc1-c1ccccc1C. The normalized spacial score (nSPS) is 14.9. The summed E-state index contributed by atoms with van der Waals surface area (Å²) in [6, 6.07) is 14.6. The van der Waals surface area contributed by atoms with Crippen molar-refractivity contribution in [1.82, 2.24) is 29.5 Å². The van der Waals surface area contributed by atoms with E-state index in [-0.39, 0.29) is 5.91 Å². The van der Waals surface area contributed by atoms with Crippen LogP contribution in [-0.2, 0) is 17.8 Å². The fourth-order valence-corrected chi connectivity index (χ4v) is 5.41. The molecule has 1 aliphatic heterocycles. The first kappa shape index (κ1) is 24.4. The van der Waals surface area contributed by atoms with E-state index in [1.165, 1.54) is 17.3 Å². The third kappa shape index (κ3) is 5.85. The first-order valence-corrected chi connectivity index (χ1v) is 13.0. The van der Waals surface area contributed by atoms with Crippen molar-refractivity contribution in [3.05, 3.63) is 59.9 Å². The van der Waals surface area contributed by atoms with Gasteiger partial charge in [0.25, 0.3) is 0 Å². The lowest BCUT2D eigenvalue weighted by molar-refractivity contribution is -0.129. The molecule has 0 N–H and O–H groups in total. The second-order valence-electron chi connectivity index (χ2n) is 8.80. The maximum atomic E-state index is 13.0. The highest BCUT2D eigenvalue weighted by molar-refractivity contribution is 7.99. The number of carbonyl (C=O) groups excluding carboxylic acids is 1. The Bertz CT molecular complexity index is 1080. The molecule has 1 amide bonds. The van der Waals surface area contributed by atoms with Crippen LogP contribution in [0.15, 0.2) is 53.8 Å². The molecule has 1 saturated heterocycles. The zero-order valence-corrected chi connectivity index (χ0v) is 21.2. The second-order valence-corrected chi connectivity index (χ2v) is 9.75. The molecule has 0 aliphatic carbocycles. The number of nitrogens with zero attached hydrogens (tertiary/aromatic N) is 6. The standard InChI is InChI=1S/C26H34N6OS/c1-4-32-25(23-11-6-5-9-20(23)2)28-29-26(32)34-19-24(33)30(3)22-13-17-31(18-14-22)16-12-21-10-7-8-15-27-21/h5-11,15,22H,4,12-14,16-19H2,1-3H3. The van der Waals surface area contributed by atoms with E-state index in [0.29, 0.717) is 11.8 Å². The van der Waals surface area contributed by atoms with Crippen LogP contribution in [0.4, 0.5) is 0 Å². The average Bonchev–Trinajstić information content (AvgIpc) is 3.29. The summed E-state index contributed by atoms with van der Waals surface area (Å²) in [6.07, 6.45) is 4.85. The second kappa shape index (κ2) is 11.6. The average molecular weight is 479 g/mol. The highest BCUT2D eigenvalue weighted by atomic mass is 32.2. The van der Waals surface area contributed by atoms with Crippen LogP contribution in [-0.4, -0.2) is 73.9 Å². The zero-order valence-electron chi connectivity index (χ0n) is 20.4. The fourth-order valence-electron chi connectivity index (χ4n) is 4.48. The smallest absolute Gasteiger partial charge is 0.233 e. The Balaban J connectivity index is 1.27. The van der Waals surface area contributed by atoms with Gasteiger partial charge in [-0.2, -0.15) is 0 Å². The highest BCUT2D eigenvalue weighted by Gasteiger charge is 2.26. The van der Waals surface area contributed by atoms with Gasteiger partial charge in [0.2, 0.25) is 5.91 Å². The summed E-state index contributed by atoms with van der Waals surface area (Å²) < 4.78 is 2.10. The largest absolute Gasteiger partial charge is 0.342 e. The molecular weight excluding hydrogens is 444 g/mol. The summed E-state index contributed by atoms with van der Waals surface area (Å²) in [5.41, 5.74) is 3.39. The predicted octanol–water partition coefficient (Wildman–Crippen LogP) is 3.93. The van der Waals surface area contributed by atoms with E-state index in [1.807, 2.05) is 42.4 Å². The third-order valence-electron chi connectivity index (χ3n) is 6.65. The maximum Gasteiger partial charge on any atom is 0.233 e. The van der Waals surface area contributed by atoms with Crippen molar-refractivity contribution in [2.75, 3.05) is 32.4 Å². The number of hydrogen-bond donors (Lipinski definition) is 0. The molecule has 0 atom stereocenters.